The van der Waals surface area contributed by atoms with E-state index in [1.54, 1.807) is 7.11 Å². The molecular formula is C12H24O4. The van der Waals surface area contributed by atoms with Gasteiger partial charge in [0, 0.05) is 19.4 Å². The molecule has 0 spiro atoms. The molecule has 0 amide bonds. The molecule has 0 aliphatic rings. The minimum Gasteiger partial charge on any atom is -0.391 e. The molecule has 0 saturated carbocycles. The molecule has 0 bridgehead atoms. The number of Topliss-reactive ketones (excluding diaryl/α,β-unsaturated/α-hetero) is 1. The highest BCUT2D eigenvalue weighted by atomic mass is 16.5. The van der Waals surface area contributed by atoms with Crippen LogP contribution in [0, 0.1) is 5.92 Å². The number of aliphatic hydroxyl groups excluding tert-OH is 1. The van der Waals surface area contributed by atoms with E-state index in [1.807, 2.05) is 20.8 Å². The Balaban J connectivity index is 3.73. The Morgan fingerprint density at radius 2 is 1.94 bits per heavy atom. The first-order valence-corrected chi connectivity index (χ1v) is 5.82. The van der Waals surface area contributed by atoms with E-state index < -0.39 is 6.10 Å². The molecule has 0 aliphatic carbocycles. The van der Waals surface area contributed by atoms with Gasteiger partial charge >= 0.3 is 0 Å². The average molecular weight is 232 g/mol. The number of rotatable bonds is 9. The standard InChI is InChI=1S/C12H24O4/c1-5-12(14)9(2)6-11(13)8-16-10(3)7-15-4/h9-11,13H,5-8H2,1-4H3. The Morgan fingerprint density at radius 1 is 1.31 bits per heavy atom. The Morgan fingerprint density at radius 3 is 2.44 bits per heavy atom. The van der Waals surface area contributed by atoms with Gasteiger partial charge in [0.15, 0.2) is 0 Å². The summed E-state index contributed by atoms with van der Waals surface area (Å²) in [4.78, 5) is 11.3. The van der Waals surface area contributed by atoms with Gasteiger partial charge < -0.3 is 14.6 Å². The second-order valence-corrected chi connectivity index (χ2v) is 4.21. The summed E-state index contributed by atoms with van der Waals surface area (Å²) in [5.41, 5.74) is 0. The summed E-state index contributed by atoms with van der Waals surface area (Å²) in [5.74, 6) is 0.0883. The number of carbonyl (C=O) groups excluding carboxylic acids is 1. The lowest BCUT2D eigenvalue weighted by Gasteiger charge is -2.18. The third-order valence-corrected chi connectivity index (χ3v) is 2.50. The van der Waals surface area contributed by atoms with Crippen molar-refractivity contribution in [3.05, 3.63) is 0 Å². The molecule has 0 saturated heterocycles. The lowest BCUT2D eigenvalue weighted by Crippen LogP contribution is -2.26. The first kappa shape index (κ1) is 15.6. The Kier molecular flexibility index (Phi) is 8.43. The fourth-order valence-electron chi connectivity index (χ4n) is 1.51. The SMILES string of the molecule is CCC(=O)C(C)CC(O)COC(C)COC. The monoisotopic (exact) mass is 232 g/mol. The van der Waals surface area contributed by atoms with Crippen LogP contribution in [-0.4, -0.2) is 43.4 Å². The van der Waals surface area contributed by atoms with Crippen LogP contribution in [0.5, 0.6) is 0 Å². The molecule has 3 unspecified atom stereocenters. The highest BCUT2D eigenvalue weighted by molar-refractivity contribution is 5.80. The number of ether oxygens (including phenoxy) is 2. The van der Waals surface area contributed by atoms with Crippen molar-refractivity contribution in [3.63, 3.8) is 0 Å². The van der Waals surface area contributed by atoms with Crippen LogP contribution in [0.25, 0.3) is 0 Å². The maximum absolute atomic E-state index is 11.3. The molecule has 0 aromatic rings. The van der Waals surface area contributed by atoms with Gasteiger partial charge in [-0.1, -0.05) is 13.8 Å². The maximum Gasteiger partial charge on any atom is 0.135 e. The molecule has 0 fully saturated rings. The van der Waals surface area contributed by atoms with Gasteiger partial charge in [0.05, 0.1) is 25.4 Å². The quantitative estimate of drug-likeness (QED) is 0.653. The molecule has 96 valence electrons. The van der Waals surface area contributed by atoms with Gasteiger partial charge in [0.2, 0.25) is 0 Å². The van der Waals surface area contributed by atoms with Crippen LogP contribution in [0.2, 0.25) is 0 Å². The molecule has 0 heterocycles. The zero-order valence-corrected chi connectivity index (χ0v) is 10.7. The van der Waals surface area contributed by atoms with Gasteiger partial charge in [-0.3, -0.25) is 4.79 Å². The summed E-state index contributed by atoms with van der Waals surface area (Å²) < 4.78 is 10.3. The molecule has 0 aromatic heterocycles. The summed E-state index contributed by atoms with van der Waals surface area (Å²) in [6.07, 6.45) is 0.378. The number of hydrogen-bond acceptors (Lipinski definition) is 4. The molecule has 4 nitrogen and oxygen atoms in total. The van der Waals surface area contributed by atoms with E-state index in [1.165, 1.54) is 0 Å². The molecule has 1 N–H and O–H groups in total. The molecule has 0 aliphatic heterocycles. The number of hydrogen-bond donors (Lipinski definition) is 1. The first-order valence-electron chi connectivity index (χ1n) is 5.82. The topological polar surface area (TPSA) is 55.8 Å². The van der Waals surface area contributed by atoms with Gasteiger partial charge in [0.1, 0.15) is 5.78 Å². The number of carbonyl (C=O) groups is 1. The molecule has 0 radical (unpaired) electrons. The van der Waals surface area contributed by atoms with Crippen molar-refractivity contribution in [2.24, 2.45) is 5.92 Å². The van der Waals surface area contributed by atoms with Gasteiger partial charge in [0.25, 0.3) is 0 Å². The van der Waals surface area contributed by atoms with Crippen LogP contribution in [0.1, 0.15) is 33.6 Å². The minimum absolute atomic E-state index is 0.0307. The highest BCUT2D eigenvalue weighted by Gasteiger charge is 2.16. The summed E-state index contributed by atoms with van der Waals surface area (Å²) in [5, 5.41) is 9.66. The Hall–Kier alpha value is -0.450. The minimum atomic E-state index is -0.579. The molecule has 0 rings (SSSR count). The average Bonchev–Trinajstić information content (AvgIpc) is 2.25. The van der Waals surface area contributed by atoms with E-state index in [9.17, 15) is 9.90 Å². The summed E-state index contributed by atoms with van der Waals surface area (Å²) in [6.45, 7) is 6.33. The second-order valence-electron chi connectivity index (χ2n) is 4.21. The zero-order chi connectivity index (χ0) is 12.6. The Labute approximate surface area is 97.9 Å². The van der Waals surface area contributed by atoms with Gasteiger partial charge in [-0.25, -0.2) is 0 Å². The second kappa shape index (κ2) is 8.67. The Bertz CT molecular complexity index is 193. The molecule has 0 aromatic carbocycles. The largest absolute Gasteiger partial charge is 0.391 e. The van der Waals surface area contributed by atoms with Crippen LogP contribution >= 0.6 is 0 Å². The first-order chi connectivity index (χ1) is 7.51. The van der Waals surface area contributed by atoms with Crippen molar-refractivity contribution < 1.29 is 19.4 Å². The lowest BCUT2D eigenvalue weighted by atomic mass is 9.98. The van der Waals surface area contributed by atoms with Gasteiger partial charge in [-0.05, 0) is 13.3 Å². The lowest BCUT2D eigenvalue weighted by molar-refractivity contribution is -0.123. The molecular weight excluding hydrogens is 208 g/mol. The summed E-state index contributed by atoms with van der Waals surface area (Å²) in [6, 6.07) is 0. The predicted molar refractivity (Wildman–Crippen MR) is 62.4 cm³/mol. The summed E-state index contributed by atoms with van der Waals surface area (Å²) in [7, 11) is 1.61. The maximum atomic E-state index is 11.3. The van der Waals surface area contributed by atoms with Gasteiger partial charge in [-0.15, -0.1) is 0 Å². The molecule has 3 atom stereocenters. The number of aliphatic hydroxyl groups is 1. The number of ketones is 1. The smallest absolute Gasteiger partial charge is 0.135 e. The van der Waals surface area contributed by atoms with Crippen LogP contribution in [0.4, 0.5) is 0 Å². The van der Waals surface area contributed by atoms with E-state index in [2.05, 4.69) is 0 Å². The van der Waals surface area contributed by atoms with Crippen molar-refractivity contribution in [2.45, 2.75) is 45.8 Å². The van der Waals surface area contributed by atoms with E-state index >= 15 is 0 Å². The summed E-state index contributed by atoms with van der Waals surface area (Å²) >= 11 is 0. The van der Waals surface area contributed by atoms with Crippen molar-refractivity contribution in [2.75, 3.05) is 20.3 Å². The predicted octanol–water partition coefficient (Wildman–Crippen LogP) is 1.40. The van der Waals surface area contributed by atoms with Crippen molar-refractivity contribution in [3.8, 4) is 0 Å². The van der Waals surface area contributed by atoms with Crippen molar-refractivity contribution in [1.29, 1.82) is 0 Å². The van der Waals surface area contributed by atoms with Gasteiger partial charge in [-0.2, -0.15) is 0 Å². The zero-order valence-electron chi connectivity index (χ0n) is 10.7. The third kappa shape index (κ3) is 6.93. The third-order valence-electron chi connectivity index (χ3n) is 2.50. The van der Waals surface area contributed by atoms with Crippen LogP contribution in [0.15, 0.2) is 0 Å². The fraction of sp³-hybridized carbons (Fsp3) is 0.917. The van der Waals surface area contributed by atoms with E-state index in [4.69, 9.17) is 9.47 Å². The van der Waals surface area contributed by atoms with E-state index in [0.29, 0.717) is 19.4 Å². The molecule has 16 heavy (non-hydrogen) atoms. The van der Waals surface area contributed by atoms with Crippen LogP contribution in [0.3, 0.4) is 0 Å². The molecule has 4 heteroatoms. The van der Waals surface area contributed by atoms with E-state index in [-0.39, 0.29) is 24.4 Å². The van der Waals surface area contributed by atoms with Crippen molar-refractivity contribution in [1.82, 2.24) is 0 Å². The van der Waals surface area contributed by atoms with E-state index in [0.717, 1.165) is 0 Å². The normalized spacial score (nSPS) is 16.8. The van der Waals surface area contributed by atoms with Crippen molar-refractivity contribution >= 4 is 5.78 Å². The fourth-order valence-corrected chi connectivity index (χ4v) is 1.51. The van der Waals surface area contributed by atoms with Crippen LogP contribution in [-0.2, 0) is 14.3 Å². The highest BCUT2D eigenvalue weighted by Crippen LogP contribution is 2.10. The number of methoxy groups -OCH3 is 1. The van der Waals surface area contributed by atoms with Crippen LogP contribution < -0.4 is 0 Å².